The first kappa shape index (κ1) is 19.3. The summed E-state index contributed by atoms with van der Waals surface area (Å²) in [6.45, 7) is 4.79. The van der Waals surface area contributed by atoms with Gasteiger partial charge in [-0.25, -0.2) is 5.26 Å². The number of rotatable bonds is 5. The Balaban J connectivity index is 0.00000242. The zero-order valence-electron chi connectivity index (χ0n) is 13.0. The number of benzene rings is 1. The zero-order valence-corrected chi connectivity index (χ0v) is 15.8. The summed E-state index contributed by atoms with van der Waals surface area (Å²) < 4.78 is 4.97. The normalized spacial score (nSPS) is 17.1. The third-order valence-corrected chi connectivity index (χ3v) is 3.81. The molecule has 1 aliphatic rings. The van der Waals surface area contributed by atoms with Crippen molar-refractivity contribution in [2.75, 3.05) is 19.7 Å². The Kier molecular flexibility index (Phi) is 8.86. The number of nitrogens with zero attached hydrogens (tertiary/aromatic N) is 2. The van der Waals surface area contributed by atoms with Gasteiger partial charge in [0.1, 0.15) is 0 Å². The van der Waals surface area contributed by atoms with Gasteiger partial charge < -0.3 is 9.64 Å². The second-order valence-electron chi connectivity index (χ2n) is 5.23. The quantitative estimate of drug-likeness (QED) is 0.587. The fraction of sp³-hybridized carbons (Fsp3) is 0.471. The number of hydrogen-bond donors (Lipinski definition) is 0. The van der Waals surface area contributed by atoms with Crippen LogP contribution in [-0.4, -0.2) is 30.6 Å². The maximum Gasteiger partial charge on any atom is 0.292 e. The van der Waals surface area contributed by atoms with E-state index in [4.69, 9.17) is 4.74 Å². The minimum absolute atomic E-state index is 0. The van der Waals surface area contributed by atoms with Gasteiger partial charge in [-0.2, -0.15) is 12.8 Å². The van der Waals surface area contributed by atoms with Crippen molar-refractivity contribution in [2.24, 2.45) is 5.92 Å². The van der Waals surface area contributed by atoms with Crippen LogP contribution in [0.25, 0.3) is 0 Å². The van der Waals surface area contributed by atoms with Crippen LogP contribution in [0.15, 0.2) is 30.3 Å². The largest absolute Gasteiger partial charge is 0.467 e. The van der Waals surface area contributed by atoms with Gasteiger partial charge in [-0.05, 0) is 25.6 Å². The minimum atomic E-state index is -0.691. The predicted molar refractivity (Wildman–Crippen MR) is 79.9 cm³/mol. The average Bonchev–Trinajstić information content (AvgIpc) is 2.51. The molecular weight excluding hydrogens is 353 g/mol. The Morgan fingerprint density at radius 3 is 2.55 bits per heavy atom. The van der Waals surface area contributed by atoms with Crippen molar-refractivity contribution in [1.82, 2.24) is 4.90 Å². The molecular formula is C17H21N2O2Y-. The zero-order chi connectivity index (χ0) is 15.1. The third-order valence-electron chi connectivity index (χ3n) is 3.81. The van der Waals surface area contributed by atoms with Gasteiger partial charge in [-0.1, -0.05) is 30.3 Å². The summed E-state index contributed by atoms with van der Waals surface area (Å²) >= 11 is 0. The third kappa shape index (κ3) is 5.46. The van der Waals surface area contributed by atoms with Crippen molar-refractivity contribution in [3.63, 3.8) is 0 Å². The molecule has 2 rings (SSSR count). The van der Waals surface area contributed by atoms with Crippen LogP contribution in [0.2, 0.25) is 0 Å². The van der Waals surface area contributed by atoms with Gasteiger partial charge >= 0.3 is 0 Å². The van der Waals surface area contributed by atoms with Crippen molar-refractivity contribution in [2.45, 2.75) is 26.3 Å². The van der Waals surface area contributed by atoms with Crippen LogP contribution in [0.3, 0.4) is 0 Å². The van der Waals surface area contributed by atoms with Gasteiger partial charge in [0.25, 0.3) is 5.97 Å². The summed E-state index contributed by atoms with van der Waals surface area (Å²) in [5.41, 5.74) is 1.29. The van der Waals surface area contributed by atoms with Crippen LogP contribution in [-0.2, 0) is 48.8 Å². The topological polar surface area (TPSA) is 53.3 Å². The molecule has 0 spiro atoms. The smallest absolute Gasteiger partial charge is 0.292 e. The predicted octanol–water partition coefficient (Wildman–Crippen LogP) is 2.56. The molecule has 1 aliphatic heterocycles. The molecule has 1 aromatic rings. The van der Waals surface area contributed by atoms with Crippen LogP contribution < -0.4 is 0 Å². The summed E-state index contributed by atoms with van der Waals surface area (Å²) in [6.07, 6.45) is 1.59. The second-order valence-corrected chi connectivity index (χ2v) is 5.23. The summed E-state index contributed by atoms with van der Waals surface area (Å²) in [5, 5.41) is 9.19. The SMILES string of the molecule is CCOC(=O)C(C#N)[C-]1CCN(Cc2ccccc2)CC1.[Y]. The minimum Gasteiger partial charge on any atom is -0.467 e. The first-order chi connectivity index (χ1) is 10.2. The number of carbonyl (C=O) groups excluding carboxylic acids is 1. The molecule has 0 bridgehead atoms. The summed E-state index contributed by atoms with van der Waals surface area (Å²) in [7, 11) is 0. The molecule has 5 heteroatoms. The van der Waals surface area contributed by atoms with Gasteiger partial charge in [-0.3, -0.25) is 10.7 Å². The van der Waals surface area contributed by atoms with Gasteiger partial charge in [0.2, 0.25) is 0 Å². The van der Waals surface area contributed by atoms with E-state index in [0.717, 1.165) is 38.4 Å². The average molecular weight is 374 g/mol. The molecule has 0 saturated carbocycles. The molecule has 0 aliphatic carbocycles. The van der Waals surface area contributed by atoms with Crippen molar-refractivity contribution < 1.29 is 42.2 Å². The number of carbonyl (C=O) groups is 1. The molecule has 4 nitrogen and oxygen atoms in total. The summed E-state index contributed by atoms with van der Waals surface area (Å²) in [5.74, 6) is -0.0735. The van der Waals surface area contributed by atoms with Crippen molar-refractivity contribution in [3.8, 4) is 6.07 Å². The number of hydrogen-bond acceptors (Lipinski definition) is 4. The van der Waals surface area contributed by atoms with Crippen molar-refractivity contribution >= 4 is 5.97 Å². The first-order valence-corrected chi connectivity index (χ1v) is 7.41. The number of likely N-dealkylation sites (tertiary alicyclic amines) is 1. The molecule has 1 radical (unpaired) electrons. The monoisotopic (exact) mass is 374 g/mol. The van der Waals surface area contributed by atoms with Crippen LogP contribution in [0.4, 0.5) is 0 Å². The fourth-order valence-electron chi connectivity index (χ4n) is 2.66. The number of esters is 1. The molecule has 22 heavy (non-hydrogen) atoms. The van der Waals surface area contributed by atoms with Gasteiger partial charge in [-0.15, -0.1) is 0 Å². The Hall–Kier alpha value is -0.756. The molecule has 1 aromatic carbocycles. The Morgan fingerprint density at radius 1 is 1.36 bits per heavy atom. The van der Waals surface area contributed by atoms with E-state index in [9.17, 15) is 10.1 Å². The molecule has 115 valence electrons. The van der Waals surface area contributed by atoms with Crippen LogP contribution in [0.5, 0.6) is 0 Å². The molecule has 1 atom stereocenters. The maximum atomic E-state index is 11.8. The standard InChI is InChI=1S/C17H21N2O2.Y/c1-2-21-17(20)16(12-18)15-8-10-19(11-9-15)13-14-6-4-3-5-7-14;/h3-7,16H,2,8-11,13H2,1H3;/q-1;. The molecule has 1 fully saturated rings. The second kappa shape index (κ2) is 10.1. The van der Waals surface area contributed by atoms with Crippen molar-refractivity contribution in [3.05, 3.63) is 41.8 Å². The van der Waals surface area contributed by atoms with Crippen LogP contribution in [0.1, 0.15) is 25.3 Å². The van der Waals surface area contributed by atoms with Crippen LogP contribution in [0, 0.1) is 23.2 Å². The molecule has 0 N–H and O–H groups in total. The van der Waals surface area contributed by atoms with E-state index < -0.39 is 11.9 Å². The number of ether oxygens (including phenoxy) is 1. The van der Waals surface area contributed by atoms with Gasteiger partial charge in [0.15, 0.2) is 0 Å². The van der Waals surface area contributed by atoms with E-state index in [1.54, 1.807) is 6.92 Å². The molecule has 1 saturated heterocycles. The number of nitriles is 1. The Labute approximate surface area is 157 Å². The Bertz CT molecular complexity index is 493. The van der Waals surface area contributed by atoms with Crippen LogP contribution >= 0.6 is 0 Å². The van der Waals surface area contributed by atoms with E-state index in [-0.39, 0.29) is 32.7 Å². The fourth-order valence-corrected chi connectivity index (χ4v) is 2.66. The number of piperidine rings is 1. The summed E-state index contributed by atoms with van der Waals surface area (Å²) in [6, 6.07) is 12.4. The molecule has 0 aromatic heterocycles. The van der Waals surface area contributed by atoms with E-state index in [2.05, 4.69) is 23.1 Å². The van der Waals surface area contributed by atoms with Gasteiger partial charge in [0.05, 0.1) is 6.61 Å². The van der Waals surface area contributed by atoms with Gasteiger partial charge in [0, 0.05) is 51.2 Å². The maximum absolute atomic E-state index is 11.8. The van der Waals surface area contributed by atoms with Crippen molar-refractivity contribution in [1.29, 1.82) is 5.26 Å². The summed E-state index contributed by atoms with van der Waals surface area (Å²) in [4.78, 5) is 14.1. The Morgan fingerprint density at radius 2 is 2.00 bits per heavy atom. The molecule has 1 unspecified atom stereocenters. The van der Waals surface area contributed by atoms with E-state index in [0.29, 0.717) is 6.61 Å². The van der Waals surface area contributed by atoms with E-state index in [1.807, 2.05) is 18.2 Å². The first-order valence-electron chi connectivity index (χ1n) is 7.41. The van der Waals surface area contributed by atoms with E-state index >= 15 is 0 Å². The van der Waals surface area contributed by atoms with E-state index in [1.165, 1.54) is 5.56 Å². The molecule has 1 heterocycles. The molecule has 0 amide bonds.